The standard InChI is InChI=1S/C19H22N6O/c1-3-16-15(10-14(20-16)9-13-7-5-4-6-8-13)17(26)25-11-19(2,12-25)18-21-23-24-22-18/h4-8,10,20H,3,9,11-12H2,1-2H3,(H,21,22,23,24). The number of carbonyl (C=O) groups is 1. The fraction of sp³-hybridized carbons (Fsp3) is 0.368. The van der Waals surface area contributed by atoms with Gasteiger partial charge in [0.2, 0.25) is 0 Å². The second-order valence-electron chi connectivity index (χ2n) is 7.16. The van der Waals surface area contributed by atoms with Crippen LogP contribution in [0.3, 0.4) is 0 Å². The van der Waals surface area contributed by atoms with Crippen molar-refractivity contribution in [1.29, 1.82) is 0 Å². The van der Waals surface area contributed by atoms with Crippen molar-refractivity contribution in [3.63, 3.8) is 0 Å². The van der Waals surface area contributed by atoms with Crippen LogP contribution < -0.4 is 0 Å². The highest BCUT2D eigenvalue weighted by Crippen LogP contribution is 2.33. The molecule has 0 unspecified atom stereocenters. The molecule has 1 amide bonds. The Morgan fingerprint density at radius 3 is 2.69 bits per heavy atom. The molecule has 26 heavy (non-hydrogen) atoms. The number of benzene rings is 1. The number of nitrogens with one attached hydrogen (secondary N) is 2. The molecule has 7 nitrogen and oxygen atoms in total. The van der Waals surface area contributed by atoms with Crippen molar-refractivity contribution in [2.45, 2.75) is 32.1 Å². The minimum atomic E-state index is -0.224. The average molecular weight is 350 g/mol. The van der Waals surface area contributed by atoms with Gasteiger partial charge in [0.15, 0.2) is 5.82 Å². The highest BCUT2D eigenvalue weighted by molar-refractivity contribution is 5.96. The van der Waals surface area contributed by atoms with E-state index in [0.717, 1.165) is 29.8 Å². The number of tetrazole rings is 1. The number of aromatic amines is 2. The van der Waals surface area contributed by atoms with Gasteiger partial charge in [0, 0.05) is 30.9 Å². The molecule has 2 aromatic heterocycles. The summed E-state index contributed by atoms with van der Waals surface area (Å²) in [5.41, 5.74) is 3.84. The number of aryl methyl sites for hydroxylation is 1. The van der Waals surface area contributed by atoms with Crippen molar-refractivity contribution in [1.82, 2.24) is 30.5 Å². The maximum absolute atomic E-state index is 13.0. The van der Waals surface area contributed by atoms with Crippen LogP contribution in [0.4, 0.5) is 0 Å². The summed E-state index contributed by atoms with van der Waals surface area (Å²) in [6.45, 7) is 5.33. The molecule has 0 radical (unpaired) electrons. The van der Waals surface area contributed by atoms with Gasteiger partial charge in [-0.05, 0) is 25.0 Å². The number of rotatable bonds is 5. The maximum Gasteiger partial charge on any atom is 0.255 e. The van der Waals surface area contributed by atoms with Crippen molar-refractivity contribution in [2.24, 2.45) is 0 Å². The van der Waals surface area contributed by atoms with Crippen LogP contribution in [0, 0.1) is 0 Å². The van der Waals surface area contributed by atoms with Crippen LogP contribution in [0.2, 0.25) is 0 Å². The summed E-state index contributed by atoms with van der Waals surface area (Å²) in [5, 5.41) is 14.2. The van der Waals surface area contributed by atoms with Crippen LogP contribution in [0.5, 0.6) is 0 Å². The molecule has 3 aromatic rings. The fourth-order valence-electron chi connectivity index (χ4n) is 3.61. The van der Waals surface area contributed by atoms with E-state index >= 15 is 0 Å². The van der Waals surface area contributed by atoms with Gasteiger partial charge in [-0.15, -0.1) is 10.2 Å². The summed E-state index contributed by atoms with van der Waals surface area (Å²) in [6, 6.07) is 12.3. The van der Waals surface area contributed by atoms with Gasteiger partial charge >= 0.3 is 0 Å². The molecule has 7 heteroatoms. The molecule has 2 N–H and O–H groups in total. The highest BCUT2D eigenvalue weighted by Gasteiger charge is 2.46. The van der Waals surface area contributed by atoms with Gasteiger partial charge in [-0.3, -0.25) is 4.79 Å². The van der Waals surface area contributed by atoms with Gasteiger partial charge in [-0.1, -0.05) is 42.5 Å². The Hall–Kier alpha value is -2.96. The number of amides is 1. The maximum atomic E-state index is 13.0. The molecule has 1 aliphatic heterocycles. The first-order valence-corrected chi connectivity index (χ1v) is 8.87. The molecule has 1 aromatic carbocycles. The number of hydrogen-bond donors (Lipinski definition) is 2. The van der Waals surface area contributed by atoms with Gasteiger partial charge in [-0.2, -0.15) is 5.21 Å². The predicted molar refractivity (Wildman–Crippen MR) is 96.9 cm³/mol. The van der Waals surface area contributed by atoms with E-state index in [9.17, 15) is 4.79 Å². The lowest BCUT2D eigenvalue weighted by Crippen LogP contribution is -2.60. The van der Waals surface area contributed by atoms with Gasteiger partial charge in [0.1, 0.15) is 0 Å². The van der Waals surface area contributed by atoms with Crippen LogP contribution in [-0.4, -0.2) is 49.5 Å². The largest absolute Gasteiger partial charge is 0.361 e. The van der Waals surface area contributed by atoms with E-state index in [1.54, 1.807) is 0 Å². The van der Waals surface area contributed by atoms with E-state index in [0.29, 0.717) is 18.9 Å². The first-order valence-electron chi connectivity index (χ1n) is 8.87. The molecule has 0 bridgehead atoms. The van der Waals surface area contributed by atoms with Gasteiger partial charge in [-0.25, -0.2) is 0 Å². The monoisotopic (exact) mass is 350 g/mol. The first kappa shape index (κ1) is 16.5. The van der Waals surface area contributed by atoms with Crippen molar-refractivity contribution >= 4 is 5.91 Å². The predicted octanol–water partition coefficient (Wildman–Crippen LogP) is 2.09. The number of H-pyrrole nitrogens is 2. The van der Waals surface area contributed by atoms with Crippen molar-refractivity contribution in [3.8, 4) is 0 Å². The lowest BCUT2D eigenvalue weighted by atomic mass is 9.81. The van der Waals surface area contributed by atoms with Gasteiger partial charge in [0.25, 0.3) is 5.91 Å². The zero-order valence-corrected chi connectivity index (χ0v) is 15.0. The SMILES string of the molecule is CCc1[nH]c(Cc2ccccc2)cc1C(=O)N1CC(C)(c2nn[nH]n2)C1. The second kappa shape index (κ2) is 6.40. The van der Waals surface area contributed by atoms with E-state index in [1.165, 1.54) is 5.56 Å². The molecule has 1 saturated heterocycles. The Balaban J connectivity index is 1.50. The van der Waals surface area contributed by atoms with Gasteiger partial charge in [0.05, 0.1) is 11.0 Å². The molecule has 0 spiro atoms. The average Bonchev–Trinajstić information content (AvgIpc) is 3.29. The van der Waals surface area contributed by atoms with E-state index in [2.05, 4.69) is 51.6 Å². The summed E-state index contributed by atoms with van der Waals surface area (Å²) in [6.07, 6.45) is 1.59. The lowest BCUT2D eigenvalue weighted by Gasteiger charge is -2.45. The summed E-state index contributed by atoms with van der Waals surface area (Å²) in [4.78, 5) is 18.2. The van der Waals surface area contributed by atoms with Crippen LogP contribution in [0.25, 0.3) is 0 Å². The Labute approximate surface area is 151 Å². The topological polar surface area (TPSA) is 90.6 Å². The summed E-state index contributed by atoms with van der Waals surface area (Å²) >= 11 is 0. The molecule has 0 saturated carbocycles. The zero-order valence-electron chi connectivity index (χ0n) is 15.0. The number of likely N-dealkylation sites (tertiary alicyclic amines) is 1. The van der Waals surface area contributed by atoms with Crippen LogP contribution >= 0.6 is 0 Å². The fourth-order valence-corrected chi connectivity index (χ4v) is 3.61. The summed E-state index contributed by atoms with van der Waals surface area (Å²) < 4.78 is 0. The summed E-state index contributed by atoms with van der Waals surface area (Å²) in [5.74, 6) is 0.731. The second-order valence-corrected chi connectivity index (χ2v) is 7.16. The molecule has 4 rings (SSSR count). The third kappa shape index (κ3) is 2.89. The van der Waals surface area contributed by atoms with Crippen molar-refractivity contribution in [2.75, 3.05) is 13.1 Å². The lowest BCUT2D eigenvalue weighted by molar-refractivity contribution is 0.0412. The Morgan fingerprint density at radius 1 is 1.27 bits per heavy atom. The molecular formula is C19H22N6O. The number of carbonyl (C=O) groups excluding carboxylic acids is 1. The van der Waals surface area contributed by atoms with Crippen LogP contribution in [0.15, 0.2) is 36.4 Å². The smallest absolute Gasteiger partial charge is 0.255 e. The normalized spacial score (nSPS) is 15.7. The first-order chi connectivity index (χ1) is 12.6. The van der Waals surface area contributed by atoms with E-state index in [-0.39, 0.29) is 11.3 Å². The molecule has 1 fully saturated rings. The summed E-state index contributed by atoms with van der Waals surface area (Å²) in [7, 11) is 0. The molecule has 0 atom stereocenters. The van der Waals surface area contributed by atoms with Crippen molar-refractivity contribution < 1.29 is 4.79 Å². The van der Waals surface area contributed by atoms with E-state index < -0.39 is 0 Å². The molecule has 134 valence electrons. The quantitative estimate of drug-likeness (QED) is 0.737. The molecular weight excluding hydrogens is 328 g/mol. The molecule has 3 heterocycles. The Bertz CT molecular complexity index is 894. The Kier molecular flexibility index (Phi) is 4.06. The third-order valence-electron chi connectivity index (χ3n) is 5.03. The Morgan fingerprint density at radius 2 is 2.04 bits per heavy atom. The van der Waals surface area contributed by atoms with Crippen LogP contribution in [-0.2, 0) is 18.3 Å². The number of aromatic nitrogens is 5. The highest BCUT2D eigenvalue weighted by atomic mass is 16.2. The zero-order chi connectivity index (χ0) is 18.1. The minimum Gasteiger partial charge on any atom is -0.361 e. The van der Waals surface area contributed by atoms with Gasteiger partial charge < -0.3 is 9.88 Å². The number of nitrogens with zero attached hydrogens (tertiary/aromatic N) is 4. The third-order valence-corrected chi connectivity index (χ3v) is 5.03. The number of hydrogen-bond acceptors (Lipinski definition) is 4. The van der Waals surface area contributed by atoms with Crippen LogP contribution in [0.1, 0.15) is 47.0 Å². The van der Waals surface area contributed by atoms with E-state index in [4.69, 9.17) is 0 Å². The molecule has 1 aliphatic rings. The minimum absolute atomic E-state index is 0.0679. The van der Waals surface area contributed by atoms with Crippen molar-refractivity contribution in [3.05, 3.63) is 64.7 Å². The van der Waals surface area contributed by atoms with E-state index in [1.807, 2.05) is 29.2 Å². The molecule has 0 aliphatic carbocycles.